The molecule has 0 spiro atoms. The first-order valence-electron chi connectivity index (χ1n) is 5.70. The van der Waals surface area contributed by atoms with Crippen LogP contribution in [0.2, 0.25) is 0 Å². The molecule has 0 saturated heterocycles. The van der Waals surface area contributed by atoms with Crippen LogP contribution in [0.5, 0.6) is 0 Å². The van der Waals surface area contributed by atoms with Gasteiger partial charge >= 0.3 is 0 Å². The fourth-order valence-electron chi connectivity index (χ4n) is 1.77. The van der Waals surface area contributed by atoms with Gasteiger partial charge in [0.05, 0.1) is 5.69 Å². The third-order valence-electron chi connectivity index (χ3n) is 2.93. The van der Waals surface area contributed by atoms with Crippen LogP contribution in [0.3, 0.4) is 0 Å². The highest BCUT2D eigenvalue weighted by atomic mass is 15.1. The van der Waals surface area contributed by atoms with E-state index in [0.29, 0.717) is 5.92 Å². The average Bonchev–Trinajstić information content (AvgIpc) is 3.03. The molecule has 1 aliphatic rings. The third kappa shape index (κ3) is 2.35. The van der Waals surface area contributed by atoms with E-state index in [9.17, 15) is 0 Å². The highest BCUT2D eigenvalue weighted by Gasteiger charge is 2.25. The van der Waals surface area contributed by atoms with Crippen molar-refractivity contribution in [2.24, 2.45) is 16.6 Å². The zero-order chi connectivity index (χ0) is 11.7. The van der Waals surface area contributed by atoms with Crippen LogP contribution < -0.4 is 10.6 Å². The summed E-state index contributed by atoms with van der Waals surface area (Å²) in [6.45, 7) is 2.10. The summed E-state index contributed by atoms with van der Waals surface area (Å²) in [5.74, 6) is 1.32. The Balaban J connectivity index is 2.28. The standard InChI is InChI=1S/C13H19N3/c1-9-4-7-11(8-12(9)16(2)3)15-13(14)10-5-6-10/h4,7-8,10H,5-6H2,1-3H3,(H2,14,15). The smallest absolute Gasteiger partial charge is 0.103 e. The molecule has 0 heterocycles. The second-order valence-corrected chi connectivity index (χ2v) is 4.68. The van der Waals surface area contributed by atoms with Gasteiger partial charge in [-0.3, -0.25) is 0 Å². The highest BCUT2D eigenvalue weighted by Crippen LogP contribution is 2.31. The summed E-state index contributed by atoms with van der Waals surface area (Å²) in [5, 5.41) is 0. The summed E-state index contributed by atoms with van der Waals surface area (Å²) in [7, 11) is 4.08. The molecule has 1 aromatic rings. The Kier molecular flexibility index (Phi) is 2.86. The Labute approximate surface area is 97.0 Å². The van der Waals surface area contributed by atoms with Crippen LogP contribution in [0, 0.1) is 12.8 Å². The van der Waals surface area contributed by atoms with Crippen molar-refractivity contribution in [3.8, 4) is 0 Å². The number of nitrogens with two attached hydrogens (primary N) is 1. The van der Waals surface area contributed by atoms with E-state index in [1.807, 2.05) is 20.2 Å². The van der Waals surface area contributed by atoms with Crippen molar-refractivity contribution in [3.05, 3.63) is 23.8 Å². The first-order chi connectivity index (χ1) is 7.58. The van der Waals surface area contributed by atoms with Gasteiger partial charge in [0.25, 0.3) is 0 Å². The molecule has 2 N–H and O–H groups in total. The van der Waals surface area contributed by atoms with Gasteiger partial charge in [0.2, 0.25) is 0 Å². The van der Waals surface area contributed by atoms with Crippen LogP contribution >= 0.6 is 0 Å². The Bertz CT molecular complexity index is 417. The molecule has 2 rings (SSSR count). The quantitative estimate of drug-likeness (QED) is 0.624. The lowest BCUT2D eigenvalue weighted by Crippen LogP contribution is -2.13. The molecule has 3 nitrogen and oxygen atoms in total. The normalized spacial score (nSPS) is 16.3. The summed E-state index contributed by atoms with van der Waals surface area (Å²) in [4.78, 5) is 6.57. The van der Waals surface area contributed by atoms with E-state index in [1.54, 1.807) is 0 Å². The molecule has 0 bridgehead atoms. The molecule has 0 unspecified atom stereocenters. The van der Waals surface area contributed by atoms with Crippen LogP contribution in [0.25, 0.3) is 0 Å². The maximum Gasteiger partial charge on any atom is 0.103 e. The second-order valence-electron chi connectivity index (χ2n) is 4.68. The molecule has 1 fully saturated rings. The molecular weight excluding hydrogens is 198 g/mol. The van der Waals surface area contributed by atoms with Crippen LogP contribution in [0.1, 0.15) is 18.4 Å². The van der Waals surface area contributed by atoms with Crippen LogP contribution in [-0.4, -0.2) is 19.9 Å². The SMILES string of the molecule is Cc1ccc(N=C(N)C2CC2)cc1N(C)C. The van der Waals surface area contributed by atoms with E-state index in [2.05, 4.69) is 28.9 Å². The van der Waals surface area contributed by atoms with Gasteiger partial charge in [-0.05, 0) is 37.5 Å². The number of hydrogen-bond donors (Lipinski definition) is 1. The maximum absolute atomic E-state index is 5.91. The Morgan fingerprint density at radius 2 is 2.06 bits per heavy atom. The minimum Gasteiger partial charge on any atom is -0.387 e. The molecule has 0 aliphatic heterocycles. The summed E-state index contributed by atoms with van der Waals surface area (Å²) in [6.07, 6.45) is 2.39. The van der Waals surface area contributed by atoms with Gasteiger partial charge in [0, 0.05) is 25.7 Å². The maximum atomic E-state index is 5.91. The van der Waals surface area contributed by atoms with Crippen molar-refractivity contribution in [2.45, 2.75) is 19.8 Å². The molecule has 1 aliphatic carbocycles. The summed E-state index contributed by atoms with van der Waals surface area (Å²) in [6, 6.07) is 6.20. The predicted octanol–water partition coefficient (Wildman–Crippen LogP) is 2.46. The number of aryl methyl sites for hydroxylation is 1. The Morgan fingerprint density at radius 1 is 1.38 bits per heavy atom. The first kappa shape index (κ1) is 11.0. The average molecular weight is 217 g/mol. The number of rotatable bonds is 3. The lowest BCUT2D eigenvalue weighted by atomic mass is 10.1. The first-order valence-corrected chi connectivity index (χ1v) is 5.70. The molecular formula is C13H19N3. The summed E-state index contributed by atoms with van der Waals surface area (Å²) in [5.41, 5.74) is 9.33. The number of nitrogens with zero attached hydrogens (tertiary/aromatic N) is 2. The lowest BCUT2D eigenvalue weighted by molar-refractivity contribution is 1.11. The number of anilines is 1. The topological polar surface area (TPSA) is 41.6 Å². The van der Waals surface area contributed by atoms with Crippen molar-refractivity contribution in [3.63, 3.8) is 0 Å². The van der Waals surface area contributed by atoms with Gasteiger partial charge in [-0.25, -0.2) is 4.99 Å². The lowest BCUT2D eigenvalue weighted by Gasteiger charge is -2.15. The molecule has 1 aromatic carbocycles. The molecule has 3 heteroatoms. The van der Waals surface area contributed by atoms with Crippen molar-refractivity contribution < 1.29 is 0 Å². The van der Waals surface area contributed by atoms with E-state index in [0.717, 1.165) is 11.5 Å². The zero-order valence-corrected chi connectivity index (χ0v) is 10.2. The summed E-state index contributed by atoms with van der Waals surface area (Å²) < 4.78 is 0. The molecule has 16 heavy (non-hydrogen) atoms. The molecule has 0 amide bonds. The zero-order valence-electron chi connectivity index (χ0n) is 10.2. The van der Waals surface area contributed by atoms with Crippen molar-refractivity contribution in [2.75, 3.05) is 19.0 Å². The third-order valence-corrected chi connectivity index (χ3v) is 2.93. The van der Waals surface area contributed by atoms with Gasteiger partial charge in [0.1, 0.15) is 5.84 Å². The monoisotopic (exact) mass is 217 g/mol. The van der Waals surface area contributed by atoms with Gasteiger partial charge in [-0.2, -0.15) is 0 Å². The van der Waals surface area contributed by atoms with Gasteiger partial charge in [-0.15, -0.1) is 0 Å². The second kappa shape index (κ2) is 4.16. The van der Waals surface area contributed by atoms with Crippen LogP contribution in [-0.2, 0) is 0 Å². The predicted molar refractivity (Wildman–Crippen MR) is 69.5 cm³/mol. The van der Waals surface area contributed by atoms with Crippen LogP contribution in [0.4, 0.5) is 11.4 Å². The highest BCUT2D eigenvalue weighted by molar-refractivity contribution is 5.87. The van der Waals surface area contributed by atoms with E-state index >= 15 is 0 Å². The van der Waals surface area contributed by atoms with E-state index in [-0.39, 0.29) is 0 Å². The molecule has 0 radical (unpaired) electrons. The van der Waals surface area contributed by atoms with Crippen molar-refractivity contribution in [1.82, 2.24) is 0 Å². The number of aliphatic imine (C=N–C) groups is 1. The minimum absolute atomic E-state index is 0.532. The Hall–Kier alpha value is -1.51. The van der Waals surface area contributed by atoms with Crippen molar-refractivity contribution >= 4 is 17.2 Å². The van der Waals surface area contributed by atoms with E-state index in [4.69, 9.17) is 5.73 Å². The largest absolute Gasteiger partial charge is 0.387 e. The fraction of sp³-hybridized carbons (Fsp3) is 0.462. The number of amidine groups is 1. The number of hydrogen-bond acceptors (Lipinski definition) is 2. The van der Waals surface area contributed by atoms with E-state index < -0.39 is 0 Å². The molecule has 1 saturated carbocycles. The Morgan fingerprint density at radius 3 is 2.62 bits per heavy atom. The molecule has 0 aromatic heterocycles. The van der Waals surface area contributed by atoms with Crippen molar-refractivity contribution in [1.29, 1.82) is 0 Å². The van der Waals surface area contributed by atoms with Gasteiger partial charge < -0.3 is 10.6 Å². The van der Waals surface area contributed by atoms with Gasteiger partial charge in [0.15, 0.2) is 0 Å². The van der Waals surface area contributed by atoms with E-state index in [1.165, 1.54) is 24.1 Å². The minimum atomic E-state index is 0.532. The van der Waals surface area contributed by atoms with Crippen LogP contribution in [0.15, 0.2) is 23.2 Å². The fourth-order valence-corrected chi connectivity index (χ4v) is 1.77. The molecule has 0 atom stereocenters. The summed E-state index contributed by atoms with van der Waals surface area (Å²) >= 11 is 0. The molecule has 86 valence electrons. The number of benzene rings is 1. The van der Waals surface area contributed by atoms with Gasteiger partial charge in [-0.1, -0.05) is 6.07 Å².